The molecule has 1 aliphatic rings. The van der Waals surface area contributed by atoms with Crippen molar-refractivity contribution in [3.8, 4) is 5.95 Å². The summed E-state index contributed by atoms with van der Waals surface area (Å²) in [5.74, 6) is 1.16. The lowest BCUT2D eigenvalue weighted by Gasteiger charge is -2.20. The van der Waals surface area contributed by atoms with Crippen molar-refractivity contribution in [2.24, 2.45) is 0 Å². The van der Waals surface area contributed by atoms with Crippen LogP contribution in [0.2, 0.25) is 0 Å². The topological polar surface area (TPSA) is 105 Å². The van der Waals surface area contributed by atoms with Crippen molar-refractivity contribution in [3.05, 3.63) is 71.5 Å². The van der Waals surface area contributed by atoms with E-state index in [0.717, 1.165) is 22.6 Å². The zero-order chi connectivity index (χ0) is 20.5. The average molecular weight is 401 g/mol. The highest BCUT2D eigenvalue weighted by Gasteiger charge is 2.22. The molecule has 0 bridgehead atoms. The lowest BCUT2D eigenvalue weighted by molar-refractivity contribution is 0.109. The Hall–Kier alpha value is -3.27. The van der Waals surface area contributed by atoms with Gasteiger partial charge in [0.05, 0.1) is 30.6 Å². The SMILES string of the molecule is OB(O)c1cccc2c1cnn2-c1nc2c(c(NCc3ccccc3)n1)COCC2. The lowest BCUT2D eigenvalue weighted by Crippen LogP contribution is -2.30. The minimum atomic E-state index is -1.57. The highest BCUT2D eigenvalue weighted by molar-refractivity contribution is 6.61. The van der Waals surface area contributed by atoms with Crippen molar-refractivity contribution < 1.29 is 14.8 Å². The van der Waals surface area contributed by atoms with E-state index in [1.54, 1.807) is 23.0 Å². The molecule has 150 valence electrons. The standard InChI is InChI=1S/C21H20BN5O3/c28-22(29)17-7-4-8-19-15(17)12-24-27(19)21-25-18-9-10-30-13-16(18)20(26-21)23-11-14-5-2-1-3-6-14/h1-8,12,28-29H,9-11,13H2,(H,23,25,26). The Labute approximate surface area is 173 Å². The number of nitrogens with zero attached hydrogens (tertiary/aromatic N) is 4. The maximum absolute atomic E-state index is 9.65. The van der Waals surface area contributed by atoms with Gasteiger partial charge >= 0.3 is 7.12 Å². The first-order valence-electron chi connectivity index (χ1n) is 9.79. The third-order valence-electron chi connectivity index (χ3n) is 5.23. The number of hydrogen-bond donors (Lipinski definition) is 3. The van der Waals surface area contributed by atoms with Gasteiger partial charge in [0.2, 0.25) is 0 Å². The van der Waals surface area contributed by atoms with Crippen LogP contribution < -0.4 is 10.8 Å². The van der Waals surface area contributed by atoms with Gasteiger partial charge in [0.15, 0.2) is 0 Å². The van der Waals surface area contributed by atoms with Gasteiger partial charge in [-0.05, 0) is 17.1 Å². The number of fused-ring (bicyclic) bond motifs is 2. The van der Waals surface area contributed by atoms with Gasteiger partial charge in [-0.25, -0.2) is 4.98 Å². The number of anilines is 1. The van der Waals surface area contributed by atoms with Gasteiger partial charge in [-0.15, -0.1) is 0 Å². The molecule has 0 unspecified atom stereocenters. The van der Waals surface area contributed by atoms with Crippen LogP contribution in [0, 0.1) is 0 Å². The van der Waals surface area contributed by atoms with Crippen LogP contribution in [0.5, 0.6) is 0 Å². The molecule has 0 spiro atoms. The summed E-state index contributed by atoms with van der Waals surface area (Å²) in [7, 11) is -1.57. The van der Waals surface area contributed by atoms with Crippen LogP contribution in [0.15, 0.2) is 54.7 Å². The molecule has 1 aliphatic heterocycles. The lowest BCUT2D eigenvalue weighted by atomic mass is 9.78. The fourth-order valence-electron chi connectivity index (χ4n) is 3.70. The van der Waals surface area contributed by atoms with E-state index in [2.05, 4.69) is 22.5 Å². The van der Waals surface area contributed by atoms with Crippen molar-refractivity contribution in [2.45, 2.75) is 19.6 Å². The molecule has 5 rings (SSSR count). The van der Waals surface area contributed by atoms with Crippen LogP contribution in [-0.2, 0) is 24.3 Å². The van der Waals surface area contributed by atoms with E-state index >= 15 is 0 Å². The van der Waals surface area contributed by atoms with Gasteiger partial charge in [0, 0.05) is 23.9 Å². The molecule has 8 nitrogen and oxygen atoms in total. The van der Waals surface area contributed by atoms with E-state index < -0.39 is 7.12 Å². The van der Waals surface area contributed by atoms with E-state index in [0.29, 0.717) is 48.5 Å². The Morgan fingerprint density at radius 2 is 1.93 bits per heavy atom. The van der Waals surface area contributed by atoms with Gasteiger partial charge in [0.25, 0.3) is 5.95 Å². The van der Waals surface area contributed by atoms with Gasteiger partial charge < -0.3 is 20.1 Å². The summed E-state index contributed by atoms with van der Waals surface area (Å²) in [6.45, 7) is 1.71. The zero-order valence-electron chi connectivity index (χ0n) is 16.2. The Morgan fingerprint density at radius 1 is 1.07 bits per heavy atom. The van der Waals surface area contributed by atoms with E-state index in [1.165, 1.54) is 0 Å². The molecule has 4 aromatic rings. The molecule has 0 saturated heterocycles. The van der Waals surface area contributed by atoms with Crippen molar-refractivity contribution in [1.82, 2.24) is 19.7 Å². The highest BCUT2D eigenvalue weighted by atomic mass is 16.5. The number of nitrogens with one attached hydrogen (secondary N) is 1. The Morgan fingerprint density at radius 3 is 2.77 bits per heavy atom. The molecule has 0 fully saturated rings. The second-order valence-electron chi connectivity index (χ2n) is 7.15. The van der Waals surface area contributed by atoms with Gasteiger partial charge in [0.1, 0.15) is 5.82 Å². The Balaban J connectivity index is 1.58. The third-order valence-corrected chi connectivity index (χ3v) is 5.23. The van der Waals surface area contributed by atoms with Crippen LogP contribution in [0.3, 0.4) is 0 Å². The molecule has 0 radical (unpaired) electrons. The molecule has 9 heteroatoms. The van der Waals surface area contributed by atoms with Crippen LogP contribution in [0.25, 0.3) is 16.9 Å². The zero-order valence-corrected chi connectivity index (χ0v) is 16.2. The second kappa shape index (κ2) is 7.87. The van der Waals surface area contributed by atoms with Gasteiger partial charge in [-0.1, -0.05) is 42.5 Å². The van der Waals surface area contributed by atoms with Gasteiger partial charge in [-0.3, -0.25) is 0 Å². The number of aromatic nitrogens is 4. The Bertz CT molecular complexity index is 1200. The first-order valence-corrected chi connectivity index (χ1v) is 9.79. The molecule has 0 amide bonds. The molecular formula is C21H20BN5O3. The number of hydrogen-bond acceptors (Lipinski definition) is 7. The summed E-state index contributed by atoms with van der Waals surface area (Å²) in [6, 6.07) is 15.4. The van der Waals surface area contributed by atoms with Crippen molar-refractivity contribution in [3.63, 3.8) is 0 Å². The highest BCUT2D eigenvalue weighted by Crippen LogP contribution is 2.25. The van der Waals surface area contributed by atoms with Crippen LogP contribution >= 0.6 is 0 Å². The van der Waals surface area contributed by atoms with Gasteiger partial charge in [-0.2, -0.15) is 14.8 Å². The molecule has 0 atom stereocenters. The summed E-state index contributed by atoms with van der Waals surface area (Å²) in [5.41, 5.74) is 4.15. The first kappa shape index (κ1) is 18.7. The maximum atomic E-state index is 9.65. The summed E-state index contributed by atoms with van der Waals surface area (Å²) in [5, 5.41) is 27.8. The largest absolute Gasteiger partial charge is 0.489 e. The summed E-state index contributed by atoms with van der Waals surface area (Å²) in [6.07, 6.45) is 2.30. The van der Waals surface area contributed by atoms with E-state index in [9.17, 15) is 10.0 Å². The first-order chi connectivity index (χ1) is 14.7. The maximum Gasteiger partial charge on any atom is 0.489 e. The quantitative estimate of drug-likeness (QED) is 0.432. The predicted molar refractivity (Wildman–Crippen MR) is 114 cm³/mol. The van der Waals surface area contributed by atoms with E-state index in [1.807, 2.05) is 24.3 Å². The summed E-state index contributed by atoms with van der Waals surface area (Å²) >= 11 is 0. The molecule has 30 heavy (non-hydrogen) atoms. The molecule has 2 aromatic heterocycles. The predicted octanol–water partition coefficient (Wildman–Crippen LogP) is 1.18. The van der Waals surface area contributed by atoms with E-state index in [4.69, 9.17) is 14.7 Å². The van der Waals surface area contributed by atoms with E-state index in [-0.39, 0.29) is 0 Å². The average Bonchev–Trinajstić information content (AvgIpc) is 3.22. The number of benzene rings is 2. The minimum absolute atomic E-state index is 0.396. The van der Waals surface area contributed by atoms with Crippen LogP contribution in [-0.4, -0.2) is 43.5 Å². The van der Waals surface area contributed by atoms with Crippen LogP contribution in [0.1, 0.15) is 16.8 Å². The molecule has 2 aromatic carbocycles. The fraction of sp³-hybridized carbons (Fsp3) is 0.190. The number of rotatable bonds is 5. The van der Waals surface area contributed by atoms with Crippen molar-refractivity contribution in [2.75, 3.05) is 11.9 Å². The molecule has 3 N–H and O–H groups in total. The number of ether oxygens (including phenoxy) is 1. The molecular weight excluding hydrogens is 381 g/mol. The minimum Gasteiger partial charge on any atom is -0.423 e. The summed E-state index contributed by atoms with van der Waals surface area (Å²) < 4.78 is 7.26. The molecule has 0 aliphatic carbocycles. The fourth-order valence-corrected chi connectivity index (χ4v) is 3.70. The molecule has 3 heterocycles. The Kier molecular flexibility index (Phi) is 4.92. The van der Waals surface area contributed by atoms with Crippen molar-refractivity contribution in [1.29, 1.82) is 0 Å². The smallest absolute Gasteiger partial charge is 0.423 e. The van der Waals surface area contributed by atoms with Crippen LogP contribution in [0.4, 0.5) is 5.82 Å². The molecule has 0 saturated carbocycles. The normalized spacial score (nSPS) is 13.3. The van der Waals surface area contributed by atoms with Crippen molar-refractivity contribution >= 4 is 29.3 Å². The summed E-state index contributed by atoms with van der Waals surface area (Å²) in [4.78, 5) is 9.48. The third kappa shape index (κ3) is 3.43. The monoisotopic (exact) mass is 401 g/mol. The second-order valence-corrected chi connectivity index (χ2v) is 7.15.